The van der Waals surface area contributed by atoms with Gasteiger partial charge >= 0.3 is 5.97 Å². The lowest BCUT2D eigenvalue weighted by atomic mass is 9.66. The molecule has 0 saturated heterocycles. The van der Waals surface area contributed by atoms with Gasteiger partial charge in [-0.05, 0) is 30.7 Å². The van der Waals surface area contributed by atoms with Crippen LogP contribution in [-0.4, -0.2) is 34.3 Å². The molecule has 1 aromatic heterocycles. The van der Waals surface area contributed by atoms with E-state index in [0.717, 1.165) is 25.7 Å². The molecule has 0 radical (unpaired) electrons. The molecule has 0 aromatic carbocycles. The van der Waals surface area contributed by atoms with Gasteiger partial charge in [-0.1, -0.05) is 64.2 Å². The monoisotopic (exact) mass is 389 g/mol. The van der Waals surface area contributed by atoms with Crippen LogP contribution in [0, 0.1) is 17.8 Å². The zero-order chi connectivity index (χ0) is 19.9. The van der Waals surface area contributed by atoms with Gasteiger partial charge in [-0.15, -0.1) is 0 Å². The quantitative estimate of drug-likeness (QED) is 0.719. The standard InChI is InChI=1S/C22H35N3O3/c1-3-28-22(27)20(24-21(26)18-14-15-23-25(18)2)19(16-10-6-4-7-11-16)17-12-8-5-9-13-17/h14-17,19-20H,3-13H2,1-2H3,(H,24,26)/t20-/m0/s1. The molecule has 28 heavy (non-hydrogen) atoms. The van der Waals surface area contributed by atoms with Crippen molar-refractivity contribution in [1.29, 1.82) is 0 Å². The Bertz CT molecular complexity index is 627. The highest BCUT2D eigenvalue weighted by Gasteiger charge is 2.42. The first-order chi connectivity index (χ1) is 13.6. The molecule has 1 heterocycles. The summed E-state index contributed by atoms with van der Waals surface area (Å²) < 4.78 is 6.99. The van der Waals surface area contributed by atoms with Crippen molar-refractivity contribution in [1.82, 2.24) is 15.1 Å². The van der Waals surface area contributed by atoms with E-state index < -0.39 is 6.04 Å². The van der Waals surface area contributed by atoms with Crippen LogP contribution in [0.3, 0.4) is 0 Å². The van der Waals surface area contributed by atoms with E-state index in [1.807, 2.05) is 6.92 Å². The highest BCUT2D eigenvalue weighted by Crippen LogP contribution is 2.42. The number of carbonyl (C=O) groups is 2. The average Bonchev–Trinajstić information content (AvgIpc) is 3.15. The number of rotatable bonds is 7. The lowest BCUT2D eigenvalue weighted by Crippen LogP contribution is -2.52. The first-order valence-electron chi connectivity index (χ1n) is 11.1. The van der Waals surface area contributed by atoms with E-state index >= 15 is 0 Å². The van der Waals surface area contributed by atoms with Crippen LogP contribution in [0.5, 0.6) is 0 Å². The van der Waals surface area contributed by atoms with Gasteiger partial charge in [-0.3, -0.25) is 9.48 Å². The fraction of sp³-hybridized carbons (Fsp3) is 0.773. The van der Waals surface area contributed by atoms with Gasteiger partial charge in [-0.2, -0.15) is 5.10 Å². The third-order valence-electron chi connectivity index (χ3n) is 6.65. The van der Waals surface area contributed by atoms with Crippen molar-refractivity contribution >= 4 is 11.9 Å². The fourth-order valence-corrected chi connectivity index (χ4v) is 5.32. The molecule has 0 aliphatic heterocycles. The normalized spacial score (nSPS) is 20.1. The third-order valence-corrected chi connectivity index (χ3v) is 6.65. The van der Waals surface area contributed by atoms with Gasteiger partial charge in [0.15, 0.2) is 0 Å². The number of amides is 1. The molecule has 6 heteroatoms. The first-order valence-corrected chi connectivity index (χ1v) is 11.1. The Labute approximate surface area is 168 Å². The molecule has 2 saturated carbocycles. The van der Waals surface area contributed by atoms with Gasteiger partial charge in [0.1, 0.15) is 11.7 Å². The number of hydrogen-bond acceptors (Lipinski definition) is 4. The molecular formula is C22H35N3O3. The van der Waals surface area contributed by atoms with Crippen molar-refractivity contribution in [2.45, 2.75) is 77.2 Å². The van der Waals surface area contributed by atoms with Crippen LogP contribution < -0.4 is 5.32 Å². The second-order valence-corrected chi connectivity index (χ2v) is 8.42. The highest BCUT2D eigenvalue weighted by molar-refractivity contribution is 5.95. The number of aryl methyl sites for hydroxylation is 1. The number of nitrogens with zero attached hydrogens (tertiary/aromatic N) is 2. The molecule has 0 bridgehead atoms. The third kappa shape index (κ3) is 4.95. The number of esters is 1. The van der Waals surface area contributed by atoms with Crippen LogP contribution in [0.1, 0.15) is 81.6 Å². The van der Waals surface area contributed by atoms with Gasteiger partial charge < -0.3 is 10.1 Å². The molecule has 156 valence electrons. The number of aromatic nitrogens is 2. The summed E-state index contributed by atoms with van der Waals surface area (Å²) in [4.78, 5) is 25.9. The van der Waals surface area contributed by atoms with Crippen LogP contribution in [0.4, 0.5) is 0 Å². The predicted molar refractivity (Wildman–Crippen MR) is 108 cm³/mol. The van der Waals surface area contributed by atoms with Crippen LogP contribution >= 0.6 is 0 Å². The van der Waals surface area contributed by atoms with Crippen molar-refractivity contribution in [3.63, 3.8) is 0 Å². The van der Waals surface area contributed by atoms with Gasteiger partial charge in [0.25, 0.3) is 5.91 Å². The van der Waals surface area contributed by atoms with E-state index in [4.69, 9.17) is 4.74 Å². The smallest absolute Gasteiger partial charge is 0.328 e. The molecule has 2 fully saturated rings. The van der Waals surface area contributed by atoms with Gasteiger partial charge in [0, 0.05) is 13.2 Å². The van der Waals surface area contributed by atoms with Crippen LogP contribution in [-0.2, 0) is 16.6 Å². The number of ether oxygens (including phenoxy) is 1. The molecule has 2 aliphatic rings. The zero-order valence-corrected chi connectivity index (χ0v) is 17.4. The minimum Gasteiger partial charge on any atom is -0.464 e. The van der Waals surface area contributed by atoms with E-state index in [1.165, 1.54) is 38.5 Å². The Hall–Kier alpha value is -1.85. The SMILES string of the molecule is CCOC(=O)[C@@H](NC(=O)c1ccnn1C)C(C1CCCCC1)C1CCCCC1. The molecule has 1 N–H and O–H groups in total. The van der Waals surface area contributed by atoms with Crippen molar-refractivity contribution in [2.24, 2.45) is 24.8 Å². The summed E-state index contributed by atoms with van der Waals surface area (Å²) in [5.41, 5.74) is 0.473. The molecule has 2 aliphatic carbocycles. The van der Waals surface area contributed by atoms with Crippen molar-refractivity contribution < 1.29 is 14.3 Å². The number of carbonyl (C=O) groups excluding carboxylic acids is 2. The van der Waals surface area contributed by atoms with E-state index in [2.05, 4.69) is 10.4 Å². The second kappa shape index (κ2) is 10.1. The number of hydrogen-bond donors (Lipinski definition) is 1. The van der Waals surface area contributed by atoms with E-state index in [9.17, 15) is 9.59 Å². The van der Waals surface area contributed by atoms with Crippen LogP contribution in [0.15, 0.2) is 12.3 Å². The molecule has 1 aromatic rings. The molecule has 6 nitrogen and oxygen atoms in total. The van der Waals surface area contributed by atoms with Gasteiger partial charge in [0.05, 0.1) is 6.61 Å². The lowest BCUT2D eigenvalue weighted by molar-refractivity contribution is -0.148. The van der Waals surface area contributed by atoms with Gasteiger partial charge in [-0.25, -0.2) is 4.79 Å². The van der Waals surface area contributed by atoms with E-state index in [1.54, 1.807) is 24.0 Å². The highest BCUT2D eigenvalue weighted by atomic mass is 16.5. The first kappa shape index (κ1) is 20.9. The Balaban J connectivity index is 1.87. The maximum absolute atomic E-state index is 13.0. The minimum atomic E-state index is -0.575. The van der Waals surface area contributed by atoms with Gasteiger partial charge in [0.2, 0.25) is 0 Å². The summed E-state index contributed by atoms with van der Waals surface area (Å²) in [5, 5.41) is 7.16. The Kier molecular flexibility index (Phi) is 7.51. The summed E-state index contributed by atoms with van der Waals surface area (Å²) in [6, 6.07) is 1.11. The molecular weight excluding hydrogens is 354 g/mol. The van der Waals surface area contributed by atoms with Crippen LogP contribution in [0.25, 0.3) is 0 Å². The molecule has 0 spiro atoms. The minimum absolute atomic E-state index is 0.164. The average molecular weight is 390 g/mol. The van der Waals surface area contributed by atoms with Crippen molar-refractivity contribution in [2.75, 3.05) is 6.61 Å². The lowest BCUT2D eigenvalue weighted by Gasteiger charge is -2.41. The van der Waals surface area contributed by atoms with E-state index in [0.29, 0.717) is 24.1 Å². The molecule has 0 unspecified atom stereocenters. The summed E-state index contributed by atoms with van der Waals surface area (Å²) in [7, 11) is 1.74. The Morgan fingerprint density at radius 3 is 2.14 bits per heavy atom. The number of nitrogens with one attached hydrogen (secondary N) is 1. The predicted octanol–water partition coefficient (Wildman–Crippen LogP) is 3.86. The largest absolute Gasteiger partial charge is 0.464 e. The van der Waals surface area contributed by atoms with Crippen molar-refractivity contribution in [3.05, 3.63) is 18.0 Å². The topological polar surface area (TPSA) is 73.2 Å². The van der Waals surface area contributed by atoms with Crippen LogP contribution in [0.2, 0.25) is 0 Å². The summed E-state index contributed by atoms with van der Waals surface area (Å²) in [6.07, 6.45) is 13.7. The zero-order valence-electron chi connectivity index (χ0n) is 17.4. The molecule has 1 amide bonds. The second-order valence-electron chi connectivity index (χ2n) is 8.42. The Morgan fingerprint density at radius 1 is 1.11 bits per heavy atom. The molecule has 3 rings (SSSR count). The van der Waals surface area contributed by atoms with E-state index in [-0.39, 0.29) is 17.8 Å². The fourth-order valence-electron chi connectivity index (χ4n) is 5.32. The molecule has 1 atom stereocenters. The maximum Gasteiger partial charge on any atom is 0.328 e. The summed E-state index contributed by atoms with van der Waals surface area (Å²) >= 11 is 0. The summed E-state index contributed by atoms with van der Waals surface area (Å²) in [5.74, 6) is 0.613. The summed E-state index contributed by atoms with van der Waals surface area (Å²) in [6.45, 7) is 2.16. The maximum atomic E-state index is 13.0. The van der Waals surface area contributed by atoms with Crippen molar-refractivity contribution in [3.8, 4) is 0 Å². The Morgan fingerprint density at radius 2 is 1.68 bits per heavy atom.